The zero-order valence-electron chi connectivity index (χ0n) is 8.16. The molecule has 0 amide bonds. The zero-order chi connectivity index (χ0) is 11.9. The minimum absolute atomic E-state index is 0.0221. The molecule has 88 valence electrons. The number of fused-ring (bicyclic) bond motifs is 1. The second-order valence-corrected chi connectivity index (χ2v) is 3.76. The number of rotatable bonds is 1. The maximum Gasteiger partial charge on any atom is 0.435 e. The van der Waals surface area contributed by atoms with Crippen molar-refractivity contribution >= 4 is 5.97 Å². The van der Waals surface area contributed by atoms with Crippen molar-refractivity contribution in [2.45, 2.75) is 25.6 Å². The van der Waals surface area contributed by atoms with E-state index in [1.165, 1.54) is 4.57 Å². The first kappa shape index (κ1) is 11.0. The summed E-state index contributed by atoms with van der Waals surface area (Å²) >= 11 is 0. The van der Waals surface area contributed by atoms with Gasteiger partial charge in [0.1, 0.15) is 0 Å². The molecule has 1 aromatic heterocycles. The molecule has 0 saturated carbocycles. The van der Waals surface area contributed by atoms with E-state index in [2.05, 4.69) is 4.98 Å². The number of aryl methyl sites for hydroxylation is 1. The van der Waals surface area contributed by atoms with E-state index in [1.807, 2.05) is 0 Å². The molecule has 1 aliphatic rings. The Morgan fingerprint density at radius 1 is 1.56 bits per heavy atom. The van der Waals surface area contributed by atoms with E-state index in [4.69, 9.17) is 5.11 Å². The first-order valence-electron chi connectivity index (χ1n) is 4.73. The summed E-state index contributed by atoms with van der Waals surface area (Å²) < 4.78 is 38.9. The molecular weight excluding hydrogens is 225 g/mol. The molecule has 0 aliphatic carbocycles. The Balaban J connectivity index is 2.35. The van der Waals surface area contributed by atoms with Crippen molar-refractivity contribution in [2.75, 3.05) is 0 Å². The van der Waals surface area contributed by atoms with Crippen molar-refractivity contribution in [1.29, 1.82) is 0 Å². The number of hydrogen-bond acceptors (Lipinski definition) is 2. The molecule has 0 radical (unpaired) electrons. The summed E-state index contributed by atoms with van der Waals surface area (Å²) in [4.78, 5) is 14.0. The van der Waals surface area contributed by atoms with Gasteiger partial charge in [0, 0.05) is 13.0 Å². The summed E-state index contributed by atoms with van der Waals surface area (Å²) in [6.45, 7) is 0.273. The Morgan fingerprint density at radius 2 is 2.25 bits per heavy atom. The number of hydrogen-bond donors (Lipinski definition) is 1. The van der Waals surface area contributed by atoms with Gasteiger partial charge >= 0.3 is 12.1 Å². The number of alkyl halides is 3. The Labute approximate surface area is 88.7 Å². The lowest BCUT2D eigenvalue weighted by Crippen LogP contribution is -2.26. The summed E-state index contributed by atoms with van der Waals surface area (Å²) in [5, 5.41) is 8.78. The van der Waals surface area contributed by atoms with E-state index in [9.17, 15) is 18.0 Å². The van der Waals surface area contributed by atoms with Gasteiger partial charge in [-0.15, -0.1) is 0 Å². The van der Waals surface area contributed by atoms with Gasteiger partial charge in [0.25, 0.3) is 0 Å². The van der Waals surface area contributed by atoms with Crippen molar-refractivity contribution in [1.82, 2.24) is 9.55 Å². The average Bonchev–Trinajstić information content (AvgIpc) is 2.58. The highest BCUT2D eigenvalue weighted by molar-refractivity contribution is 5.70. The van der Waals surface area contributed by atoms with Crippen LogP contribution in [0.2, 0.25) is 0 Å². The third kappa shape index (κ3) is 1.77. The second kappa shape index (κ2) is 3.50. The summed E-state index contributed by atoms with van der Waals surface area (Å²) in [6, 6.07) is 0. The number of aliphatic carboxylic acids is 1. The topological polar surface area (TPSA) is 55.1 Å². The van der Waals surface area contributed by atoms with Gasteiger partial charge in [-0.2, -0.15) is 13.2 Å². The van der Waals surface area contributed by atoms with E-state index < -0.39 is 23.8 Å². The van der Waals surface area contributed by atoms with E-state index in [0.29, 0.717) is 6.42 Å². The predicted octanol–water partition coefficient (Wildman–Crippen LogP) is 1.55. The van der Waals surface area contributed by atoms with E-state index in [0.717, 1.165) is 6.33 Å². The number of imidazole rings is 1. The molecule has 1 aliphatic heterocycles. The lowest BCUT2D eigenvalue weighted by atomic mass is 9.95. The summed E-state index contributed by atoms with van der Waals surface area (Å²) in [7, 11) is 0. The van der Waals surface area contributed by atoms with Gasteiger partial charge in [-0.3, -0.25) is 4.79 Å². The highest BCUT2D eigenvalue weighted by Crippen LogP contribution is 2.34. The van der Waals surface area contributed by atoms with Crippen molar-refractivity contribution in [3.05, 3.63) is 17.7 Å². The van der Waals surface area contributed by atoms with Crippen molar-refractivity contribution < 1.29 is 23.1 Å². The summed E-state index contributed by atoms with van der Waals surface area (Å²) in [5.41, 5.74) is -0.982. The third-order valence-corrected chi connectivity index (χ3v) is 2.72. The summed E-state index contributed by atoms with van der Waals surface area (Å²) in [5.74, 6) is -1.80. The minimum atomic E-state index is -4.51. The van der Waals surface area contributed by atoms with Crippen LogP contribution in [0.4, 0.5) is 13.2 Å². The minimum Gasteiger partial charge on any atom is -0.481 e. The van der Waals surface area contributed by atoms with Gasteiger partial charge in [0.05, 0.1) is 17.9 Å². The lowest BCUT2D eigenvalue weighted by molar-refractivity contribution is -0.145. The number of aromatic nitrogens is 2. The smallest absolute Gasteiger partial charge is 0.435 e. The van der Waals surface area contributed by atoms with E-state index >= 15 is 0 Å². The highest BCUT2D eigenvalue weighted by atomic mass is 19.4. The zero-order valence-corrected chi connectivity index (χ0v) is 8.16. The first-order valence-corrected chi connectivity index (χ1v) is 4.73. The molecule has 0 aromatic carbocycles. The molecule has 0 saturated heterocycles. The van der Waals surface area contributed by atoms with Gasteiger partial charge in [-0.1, -0.05) is 0 Å². The van der Waals surface area contributed by atoms with E-state index in [-0.39, 0.29) is 18.7 Å². The van der Waals surface area contributed by atoms with Crippen LogP contribution < -0.4 is 0 Å². The maximum atomic E-state index is 12.5. The Hall–Kier alpha value is -1.53. The fourth-order valence-corrected chi connectivity index (χ4v) is 1.89. The molecule has 2 rings (SSSR count). The SMILES string of the molecule is O=C(O)C1CCn2cnc(C(F)(F)F)c2C1. The Morgan fingerprint density at radius 3 is 2.81 bits per heavy atom. The Kier molecular flexibility index (Phi) is 2.40. The van der Waals surface area contributed by atoms with Crippen molar-refractivity contribution in [3.8, 4) is 0 Å². The molecule has 2 heterocycles. The van der Waals surface area contributed by atoms with Crippen LogP contribution >= 0.6 is 0 Å². The molecule has 1 aromatic rings. The molecular formula is C9H9F3N2O2. The van der Waals surface area contributed by atoms with Crippen LogP contribution in [-0.4, -0.2) is 20.6 Å². The summed E-state index contributed by atoms with van der Waals surface area (Å²) in [6.07, 6.45) is -3.16. The molecule has 1 N–H and O–H groups in total. The van der Waals surface area contributed by atoms with Crippen molar-refractivity contribution in [2.24, 2.45) is 5.92 Å². The third-order valence-electron chi connectivity index (χ3n) is 2.72. The first-order chi connectivity index (χ1) is 7.39. The van der Waals surface area contributed by atoms with Gasteiger partial charge in [-0.05, 0) is 6.42 Å². The van der Waals surface area contributed by atoms with Crippen LogP contribution in [0, 0.1) is 5.92 Å². The fraction of sp³-hybridized carbons (Fsp3) is 0.556. The molecule has 0 bridgehead atoms. The molecule has 1 atom stereocenters. The van der Waals surface area contributed by atoms with Gasteiger partial charge in [0.15, 0.2) is 5.69 Å². The van der Waals surface area contributed by atoms with Crippen molar-refractivity contribution in [3.63, 3.8) is 0 Å². The van der Waals surface area contributed by atoms with E-state index in [1.54, 1.807) is 0 Å². The quantitative estimate of drug-likeness (QED) is 0.802. The molecule has 0 spiro atoms. The van der Waals surface area contributed by atoms with Crippen LogP contribution in [0.15, 0.2) is 6.33 Å². The van der Waals surface area contributed by atoms with Crippen LogP contribution in [0.5, 0.6) is 0 Å². The largest absolute Gasteiger partial charge is 0.481 e. The standard InChI is InChI=1S/C9H9F3N2O2/c10-9(11,12)7-6-3-5(8(15)16)1-2-14(6)4-13-7/h4-5H,1-3H2,(H,15,16). The molecule has 0 fully saturated rings. The van der Waals surface area contributed by atoms with Crippen LogP contribution in [0.25, 0.3) is 0 Å². The monoisotopic (exact) mass is 234 g/mol. The lowest BCUT2D eigenvalue weighted by Gasteiger charge is -2.21. The number of halogens is 3. The van der Waals surface area contributed by atoms with Crippen LogP contribution in [-0.2, 0) is 23.9 Å². The fourth-order valence-electron chi connectivity index (χ4n) is 1.89. The second-order valence-electron chi connectivity index (χ2n) is 3.76. The van der Waals surface area contributed by atoms with Gasteiger partial charge < -0.3 is 9.67 Å². The van der Waals surface area contributed by atoms with Crippen LogP contribution in [0.1, 0.15) is 17.8 Å². The van der Waals surface area contributed by atoms with Gasteiger partial charge in [-0.25, -0.2) is 4.98 Å². The normalized spacial score (nSPS) is 20.6. The number of nitrogens with zero attached hydrogens (tertiary/aromatic N) is 2. The molecule has 1 unspecified atom stereocenters. The molecule has 16 heavy (non-hydrogen) atoms. The van der Waals surface area contributed by atoms with Gasteiger partial charge in [0.2, 0.25) is 0 Å². The Bertz CT molecular complexity index is 425. The van der Waals surface area contributed by atoms with Crippen LogP contribution in [0.3, 0.4) is 0 Å². The maximum absolute atomic E-state index is 12.5. The highest BCUT2D eigenvalue weighted by Gasteiger charge is 2.39. The average molecular weight is 234 g/mol. The number of carboxylic acid groups (broad SMARTS) is 1. The number of carbonyl (C=O) groups is 1. The molecule has 4 nitrogen and oxygen atoms in total. The predicted molar refractivity (Wildman–Crippen MR) is 46.7 cm³/mol. The molecule has 7 heteroatoms. The number of carboxylic acids is 1.